The van der Waals surface area contributed by atoms with Crippen molar-refractivity contribution in [3.63, 3.8) is 0 Å². The van der Waals surface area contributed by atoms with Gasteiger partial charge in [0.25, 0.3) is 0 Å². The molecule has 2 aromatic heterocycles. The standard InChI is InChI=1S/C20H15NS/c1-12-6-5-8-13-14-10-11-17-18(20(14)21(2)19(12)13)15-7-3-4-9-16(15)22-17/h3-11H,1-2H3. The third-order valence-electron chi connectivity index (χ3n) is 4.71. The molecule has 2 heterocycles. The first-order valence-electron chi connectivity index (χ1n) is 7.53. The summed E-state index contributed by atoms with van der Waals surface area (Å²) in [6.45, 7) is 2.20. The van der Waals surface area contributed by atoms with E-state index in [1.807, 2.05) is 11.3 Å². The van der Waals surface area contributed by atoms with E-state index in [0.717, 1.165) is 0 Å². The predicted molar refractivity (Wildman–Crippen MR) is 98.1 cm³/mol. The van der Waals surface area contributed by atoms with Crippen LogP contribution in [0.15, 0.2) is 54.6 Å². The van der Waals surface area contributed by atoms with Crippen molar-refractivity contribution in [1.29, 1.82) is 0 Å². The lowest BCUT2D eigenvalue weighted by atomic mass is 10.1. The maximum atomic E-state index is 2.38. The monoisotopic (exact) mass is 301 g/mol. The Bertz CT molecular complexity index is 1190. The zero-order valence-corrected chi connectivity index (χ0v) is 13.4. The lowest BCUT2D eigenvalue weighted by Gasteiger charge is -2.02. The molecule has 5 aromatic rings. The Kier molecular flexibility index (Phi) is 2.29. The van der Waals surface area contributed by atoms with Crippen LogP contribution in [0.2, 0.25) is 0 Å². The highest BCUT2D eigenvalue weighted by Gasteiger charge is 2.15. The summed E-state index contributed by atoms with van der Waals surface area (Å²) in [5, 5.41) is 5.49. The highest BCUT2D eigenvalue weighted by Crippen LogP contribution is 2.41. The van der Waals surface area contributed by atoms with Crippen LogP contribution in [-0.2, 0) is 7.05 Å². The van der Waals surface area contributed by atoms with Crippen LogP contribution in [-0.4, -0.2) is 4.57 Å². The largest absolute Gasteiger partial charge is 0.343 e. The molecule has 0 atom stereocenters. The Labute approximate surface area is 132 Å². The first kappa shape index (κ1) is 12.2. The molecular weight excluding hydrogens is 286 g/mol. The van der Waals surface area contributed by atoms with Crippen molar-refractivity contribution in [3.8, 4) is 0 Å². The number of thiophene rings is 1. The van der Waals surface area contributed by atoms with Gasteiger partial charge in [-0.15, -0.1) is 11.3 Å². The van der Waals surface area contributed by atoms with E-state index in [1.165, 1.54) is 47.5 Å². The summed E-state index contributed by atoms with van der Waals surface area (Å²) in [7, 11) is 2.20. The summed E-state index contributed by atoms with van der Waals surface area (Å²) in [6.07, 6.45) is 0. The van der Waals surface area contributed by atoms with Crippen molar-refractivity contribution < 1.29 is 0 Å². The molecule has 22 heavy (non-hydrogen) atoms. The molecule has 0 fully saturated rings. The molecule has 0 bridgehead atoms. The maximum Gasteiger partial charge on any atom is 0.0583 e. The van der Waals surface area contributed by atoms with Crippen LogP contribution in [0.3, 0.4) is 0 Å². The minimum absolute atomic E-state index is 1.34. The van der Waals surface area contributed by atoms with Crippen molar-refractivity contribution in [3.05, 3.63) is 60.2 Å². The summed E-state index contributed by atoms with van der Waals surface area (Å²) in [5.74, 6) is 0. The zero-order chi connectivity index (χ0) is 14.8. The Balaban J connectivity index is 2.18. The molecule has 0 amide bonds. The number of nitrogens with zero attached hydrogens (tertiary/aromatic N) is 1. The normalized spacial score (nSPS) is 12.1. The summed E-state index contributed by atoms with van der Waals surface area (Å²) in [5.41, 5.74) is 4.04. The number of aromatic nitrogens is 1. The van der Waals surface area contributed by atoms with Crippen molar-refractivity contribution in [2.45, 2.75) is 6.92 Å². The number of aryl methyl sites for hydroxylation is 2. The number of benzene rings is 3. The molecule has 2 heteroatoms. The zero-order valence-electron chi connectivity index (χ0n) is 12.6. The third kappa shape index (κ3) is 1.38. The molecule has 0 spiro atoms. The molecule has 0 saturated heterocycles. The van der Waals surface area contributed by atoms with Gasteiger partial charge < -0.3 is 4.57 Å². The minimum Gasteiger partial charge on any atom is -0.343 e. The SMILES string of the molecule is Cc1cccc2c3ccc4sc5ccccc5c4c3n(C)c12. The van der Waals surface area contributed by atoms with Crippen LogP contribution < -0.4 is 0 Å². The van der Waals surface area contributed by atoms with Crippen LogP contribution in [0.25, 0.3) is 42.0 Å². The molecule has 0 N–H and O–H groups in total. The van der Waals surface area contributed by atoms with Gasteiger partial charge in [-0.3, -0.25) is 0 Å². The average molecular weight is 301 g/mol. The van der Waals surface area contributed by atoms with E-state index < -0.39 is 0 Å². The van der Waals surface area contributed by atoms with Crippen molar-refractivity contribution in [2.75, 3.05) is 0 Å². The van der Waals surface area contributed by atoms with Crippen LogP contribution in [0.4, 0.5) is 0 Å². The Morgan fingerprint density at radius 2 is 1.50 bits per heavy atom. The van der Waals surface area contributed by atoms with Gasteiger partial charge in [0.1, 0.15) is 0 Å². The van der Waals surface area contributed by atoms with Crippen molar-refractivity contribution in [1.82, 2.24) is 4.57 Å². The van der Waals surface area contributed by atoms with E-state index in [9.17, 15) is 0 Å². The molecule has 1 nitrogen and oxygen atoms in total. The molecule has 106 valence electrons. The van der Waals surface area contributed by atoms with E-state index in [2.05, 4.69) is 73.1 Å². The van der Waals surface area contributed by atoms with E-state index in [-0.39, 0.29) is 0 Å². The van der Waals surface area contributed by atoms with Gasteiger partial charge in [0, 0.05) is 38.0 Å². The first-order chi connectivity index (χ1) is 10.8. The van der Waals surface area contributed by atoms with Gasteiger partial charge in [-0.05, 0) is 24.6 Å². The van der Waals surface area contributed by atoms with Gasteiger partial charge in [-0.25, -0.2) is 0 Å². The second kappa shape index (κ2) is 4.11. The first-order valence-corrected chi connectivity index (χ1v) is 8.35. The van der Waals surface area contributed by atoms with Crippen LogP contribution >= 0.6 is 11.3 Å². The summed E-state index contributed by atoms with van der Waals surface area (Å²) >= 11 is 1.89. The molecule has 0 aliphatic rings. The lowest BCUT2D eigenvalue weighted by molar-refractivity contribution is 1.01. The fourth-order valence-corrected chi connectivity index (χ4v) is 4.91. The van der Waals surface area contributed by atoms with Crippen LogP contribution in [0.5, 0.6) is 0 Å². The number of para-hydroxylation sites is 1. The Morgan fingerprint density at radius 3 is 2.41 bits per heavy atom. The highest BCUT2D eigenvalue weighted by molar-refractivity contribution is 7.26. The molecule has 0 aliphatic heterocycles. The molecule has 5 rings (SSSR count). The lowest BCUT2D eigenvalue weighted by Crippen LogP contribution is -1.89. The van der Waals surface area contributed by atoms with Crippen LogP contribution in [0.1, 0.15) is 5.56 Å². The van der Waals surface area contributed by atoms with Gasteiger partial charge in [0.15, 0.2) is 0 Å². The molecule has 0 unspecified atom stereocenters. The highest BCUT2D eigenvalue weighted by atomic mass is 32.1. The maximum absolute atomic E-state index is 2.38. The summed E-state index contributed by atoms with van der Waals surface area (Å²) in [4.78, 5) is 0. The quantitative estimate of drug-likeness (QED) is 0.330. The molecule has 0 aliphatic carbocycles. The van der Waals surface area contributed by atoms with Gasteiger partial charge >= 0.3 is 0 Å². The fourth-order valence-electron chi connectivity index (χ4n) is 3.80. The minimum atomic E-state index is 1.34. The van der Waals surface area contributed by atoms with E-state index in [4.69, 9.17) is 0 Å². The average Bonchev–Trinajstić information content (AvgIpc) is 3.04. The topological polar surface area (TPSA) is 4.93 Å². The summed E-state index contributed by atoms with van der Waals surface area (Å²) in [6, 6.07) is 19.9. The van der Waals surface area contributed by atoms with E-state index in [1.54, 1.807) is 0 Å². The van der Waals surface area contributed by atoms with Gasteiger partial charge in [0.05, 0.1) is 11.0 Å². The Hall–Kier alpha value is -2.32. The van der Waals surface area contributed by atoms with Gasteiger partial charge in [-0.2, -0.15) is 0 Å². The van der Waals surface area contributed by atoms with Crippen molar-refractivity contribution in [2.24, 2.45) is 7.05 Å². The van der Waals surface area contributed by atoms with E-state index in [0.29, 0.717) is 0 Å². The number of fused-ring (bicyclic) bond motifs is 7. The number of hydrogen-bond acceptors (Lipinski definition) is 1. The Morgan fingerprint density at radius 1 is 0.727 bits per heavy atom. The predicted octanol–water partition coefficient (Wildman–Crippen LogP) is 6.01. The molecule has 0 saturated carbocycles. The fraction of sp³-hybridized carbons (Fsp3) is 0.100. The van der Waals surface area contributed by atoms with Crippen molar-refractivity contribution >= 4 is 53.3 Å². The second-order valence-corrected chi connectivity index (χ2v) is 7.05. The third-order valence-corrected chi connectivity index (χ3v) is 5.85. The molecule has 0 radical (unpaired) electrons. The van der Waals surface area contributed by atoms with Gasteiger partial charge in [0.2, 0.25) is 0 Å². The smallest absolute Gasteiger partial charge is 0.0583 e. The summed E-state index contributed by atoms with van der Waals surface area (Å²) < 4.78 is 5.12. The molecular formula is C20H15NS. The number of hydrogen-bond donors (Lipinski definition) is 0. The second-order valence-electron chi connectivity index (χ2n) is 5.96. The van der Waals surface area contributed by atoms with Gasteiger partial charge in [-0.1, -0.05) is 42.5 Å². The van der Waals surface area contributed by atoms with Crippen LogP contribution in [0, 0.1) is 6.92 Å². The van der Waals surface area contributed by atoms with E-state index >= 15 is 0 Å². The number of rotatable bonds is 0. The molecule has 3 aromatic carbocycles.